The van der Waals surface area contributed by atoms with E-state index in [-0.39, 0.29) is 40.0 Å². The molecule has 266 valence electrons. The molecule has 0 bridgehead atoms. The van der Waals surface area contributed by atoms with Gasteiger partial charge in [0.1, 0.15) is 6.54 Å². The minimum absolute atomic E-state index is 0.0212. The maximum absolute atomic E-state index is 14.1. The van der Waals surface area contributed by atoms with Gasteiger partial charge < -0.3 is 15.0 Å². The summed E-state index contributed by atoms with van der Waals surface area (Å²) in [7, 11) is 0. The third-order valence-corrected chi connectivity index (χ3v) is 16.5. The Labute approximate surface area is 299 Å². The molecule has 3 aromatic rings. The van der Waals surface area contributed by atoms with E-state index in [9.17, 15) is 14.7 Å². The lowest BCUT2D eigenvalue weighted by Crippen LogP contribution is -2.67. The summed E-state index contributed by atoms with van der Waals surface area (Å²) in [6, 6.07) is 20.1. The fraction of sp³-hybridized carbons (Fsp3) is 0.600. The minimum atomic E-state index is -0.971. The standard InChI is InChI=1S/C45H58N2O3/c1-28(2)30-19-22-45(40(50)46-26-37(48)49)24-23-43(6)33(38(30)45)17-18-36-42(5)25-32-31-15-11-12-16-34(31)47(27-29-13-9-8-10-14-29)39(32)41(3,4)35(42)20-21-44(36,43)7/h8-16,30,33,35-36,38H,1,17-27H2,2-7H3,(H,46,50)(H,48,49)/t30-,33?,35?,36?,38?,42-,43+,44+,45-/m0/s1. The van der Waals surface area contributed by atoms with Gasteiger partial charge in [0.2, 0.25) is 5.91 Å². The molecule has 1 heterocycles. The number of carboxylic acid groups (broad SMARTS) is 1. The molecule has 4 saturated carbocycles. The Morgan fingerprint density at radius 2 is 1.58 bits per heavy atom. The van der Waals surface area contributed by atoms with Crippen molar-refractivity contribution >= 4 is 22.8 Å². The van der Waals surface area contributed by atoms with Crippen molar-refractivity contribution in [1.29, 1.82) is 0 Å². The highest BCUT2D eigenvalue weighted by atomic mass is 16.4. The summed E-state index contributed by atoms with van der Waals surface area (Å²) in [4.78, 5) is 25.6. The highest BCUT2D eigenvalue weighted by Gasteiger charge is 2.72. The second-order valence-corrected chi connectivity index (χ2v) is 18.7. The zero-order valence-corrected chi connectivity index (χ0v) is 31.3. The molecule has 5 aliphatic carbocycles. The van der Waals surface area contributed by atoms with E-state index in [1.165, 1.54) is 41.3 Å². The van der Waals surface area contributed by atoms with E-state index in [1.54, 1.807) is 11.3 Å². The van der Waals surface area contributed by atoms with Crippen molar-refractivity contribution in [1.82, 2.24) is 9.88 Å². The number of rotatable bonds is 6. The number of aliphatic carboxylic acids is 1. The number of amides is 1. The molecule has 0 spiro atoms. The normalized spacial score (nSPS) is 38.2. The molecule has 1 aromatic heterocycles. The number of para-hydroxylation sites is 1. The summed E-state index contributed by atoms with van der Waals surface area (Å²) in [5.74, 6) is 1.15. The summed E-state index contributed by atoms with van der Waals surface area (Å²) in [5.41, 5.74) is 7.01. The van der Waals surface area contributed by atoms with Gasteiger partial charge in [-0.05, 0) is 128 Å². The van der Waals surface area contributed by atoms with Crippen LogP contribution in [0.1, 0.15) is 110 Å². The molecule has 2 aromatic carbocycles. The second kappa shape index (κ2) is 11.3. The Hall–Kier alpha value is -3.34. The van der Waals surface area contributed by atoms with Gasteiger partial charge in [0.25, 0.3) is 0 Å². The van der Waals surface area contributed by atoms with Crippen LogP contribution in [0, 0.1) is 51.2 Å². The van der Waals surface area contributed by atoms with Crippen LogP contribution < -0.4 is 5.32 Å². The summed E-state index contributed by atoms with van der Waals surface area (Å²) in [5, 5.41) is 13.7. The average Bonchev–Trinajstić information content (AvgIpc) is 3.62. The average molecular weight is 675 g/mol. The fourth-order valence-electron chi connectivity index (χ4n) is 14.4. The third-order valence-electron chi connectivity index (χ3n) is 16.5. The Kier molecular flexibility index (Phi) is 7.65. The molecule has 5 heteroatoms. The highest BCUT2D eigenvalue weighted by Crippen LogP contribution is 2.77. The third kappa shape index (κ3) is 4.43. The molecule has 5 nitrogen and oxygen atoms in total. The van der Waals surface area contributed by atoms with Gasteiger partial charge in [-0.1, -0.05) is 95.3 Å². The van der Waals surface area contributed by atoms with Crippen LogP contribution in [-0.4, -0.2) is 28.1 Å². The van der Waals surface area contributed by atoms with Crippen LogP contribution >= 0.6 is 0 Å². The lowest BCUT2D eigenvalue weighted by molar-refractivity contribution is -0.225. The van der Waals surface area contributed by atoms with Gasteiger partial charge in [-0.25, -0.2) is 0 Å². The van der Waals surface area contributed by atoms with Crippen LogP contribution in [0.3, 0.4) is 0 Å². The predicted molar refractivity (Wildman–Crippen MR) is 201 cm³/mol. The summed E-state index contributed by atoms with van der Waals surface area (Å²) in [6.07, 6.45) is 9.64. The van der Waals surface area contributed by atoms with E-state index in [4.69, 9.17) is 0 Å². The summed E-state index contributed by atoms with van der Waals surface area (Å²) < 4.78 is 2.67. The van der Waals surface area contributed by atoms with E-state index in [0.29, 0.717) is 23.7 Å². The first-order chi connectivity index (χ1) is 23.7. The molecule has 4 unspecified atom stereocenters. The smallest absolute Gasteiger partial charge is 0.322 e. The number of allylic oxidation sites excluding steroid dienone is 1. The van der Waals surface area contributed by atoms with Crippen molar-refractivity contribution < 1.29 is 14.7 Å². The lowest BCUT2D eigenvalue weighted by atomic mass is 9.32. The number of fused-ring (bicyclic) bond motifs is 10. The van der Waals surface area contributed by atoms with Crippen LogP contribution in [0.25, 0.3) is 10.9 Å². The number of carboxylic acids is 1. The van der Waals surface area contributed by atoms with Crippen molar-refractivity contribution in [3.05, 3.63) is 83.6 Å². The van der Waals surface area contributed by atoms with Gasteiger partial charge in [0.05, 0.1) is 5.41 Å². The van der Waals surface area contributed by atoms with Crippen LogP contribution in [0.4, 0.5) is 0 Å². The van der Waals surface area contributed by atoms with Crippen molar-refractivity contribution in [2.24, 2.45) is 51.2 Å². The van der Waals surface area contributed by atoms with Gasteiger partial charge in [-0.3, -0.25) is 9.59 Å². The molecule has 0 saturated heterocycles. The summed E-state index contributed by atoms with van der Waals surface area (Å²) in [6.45, 7) is 20.3. The highest BCUT2D eigenvalue weighted by molar-refractivity contribution is 5.87. The molecule has 1 amide bonds. The molecule has 0 aliphatic heterocycles. The maximum atomic E-state index is 14.1. The molecule has 9 atom stereocenters. The minimum Gasteiger partial charge on any atom is -0.480 e. The number of hydrogen-bond donors (Lipinski definition) is 2. The molecular formula is C45H58N2O3. The number of carbonyl (C=O) groups is 2. The van der Waals surface area contributed by atoms with E-state index >= 15 is 0 Å². The van der Waals surface area contributed by atoms with Crippen LogP contribution in [-0.2, 0) is 28.0 Å². The molecule has 8 rings (SSSR count). The lowest BCUT2D eigenvalue weighted by Gasteiger charge is -2.72. The second-order valence-electron chi connectivity index (χ2n) is 18.7. The molecule has 4 fully saturated rings. The zero-order valence-electron chi connectivity index (χ0n) is 31.3. The molecule has 2 N–H and O–H groups in total. The van der Waals surface area contributed by atoms with Crippen LogP contribution in [0.15, 0.2) is 66.7 Å². The first-order valence-corrected chi connectivity index (χ1v) is 19.5. The van der Waals surface area contributed by atoms with Crippen molar-refractivity contribution in [3.8, 4) is 0 Å². The number of hydrogen-bond acceptors (Lipinski definition) is 2. The van der Waals surface area contributed by atoms with Crippen molar-refractivity contribution in [3.63, 3.8) is 0 Å². The molecular weight excluding hydrogens is 617 g/mol. The number of carbonyl (C=O) groups excluding carboxylic acids is 1. The van der Waals surface area contributed by atoms with Gasteiger partial charge in [0.15, 0.2) is 0 Å². The quantitative estimate of drug-likeness (QED) is 0.256. The Morgan fingerprint density at radius 3 is 2.30 bits per heavy atom. The van der Waals surface area contributed by atoms with Crippen LogP contribution in [0.2, 0.25) is 0 Å². The van der Waals surface area contributed by atoms with Gasteiger partial charge >= 0.3 is 5.97 Å². The number of nitrogens with one attached hydrogen (secondary N) is 1. The zero-order chi connectivity index (χ0) is 35.4. The summed E-state index contributed by atoms with van der Waals surface area (Å²) >= 11 is 0. The number of nitrogens with zero attached hydrogens (tertiary/aromatic N) is 1. The SMILES string of the molecule is C=C(C)[C@@H]1CC[C@]2(C(=O)NCC(=O)O)CC[C@]3(C)C(CCC4[C@@]5(C)Cc6c(n(Cc7ccccc7)c7ccccc67)C(C)(C)C5CC[C@]43C)C12. The van der Waals surface area contributed by atoms with E-state index in [2.05, 4.69) is 113 Å². The Bertz CT molecular complexity index is 1870. The van der Waals surface area contributed by atoms with Gasteiger partial charge in [-0.15, -0.1) is 0 Å². The first-order valence-electron chi connectivity index (χ1n) is 19.5. The predicted octanol–water partition coefficient (Wildman–Crippen LogP) is 9.56. The van der Waals surface area contributed by atoms with Gasteiger partial charge in [-0.2, -0.15) is 0 Å². The van der Waals surface area contributed by atoms with Crippen molar-refractivity contribution in [2.45, 2.75) is 111 Å². The number of aromatic nitrogens is 1. The van der Waals surface area contributed by atoms with E-state index in [1.807, 2.05) is 0 Å². The topological polar surface area (TPSA) is 71.3 Å². The van der Waals surface area contributed by atoms with Crippen LogP contribution in [0.5, 0.6) is 0 Å². The van der Waals surface area contributed by atoms with E-state index < -0.39 is 11.4 Å². The Morgan fingerprint density at radius 1 is 0.860 bits per heavy atom. The monoisotopic (exact) mass is 674 g/mol. The molecule has 50 heavy (non-hydrogen) atoms. The first kappa shape index (κ1) is 33.8. The van der Waals surface area contributed by atoms with Gasteiger partial charge in [0, 0.05) is 28.6 Å². The van der Waals surface area contributed by atoms with Crippen molar-refractivity contribution in [2.75, 3.05) is 6.54 Å². The molecule has 0 radical (unpaired) electrons. The maximum Gasteiger partial charge on any atom is 0.322 e. The fourth-order valence-corrected chi connectivity index (χ4v) is 14.4. The Balaban J connectivity index is 1.20. The largest absolute Gasteiger partial charge is 0.480 e. The molecule has 5 aliphatic rings. The van der Waals surface area contributed by atoms with E-state index in [0.717, 1.165) is 45.1 Å². The number of benzene rings is 2.